The number of thiophene rings is 1. The number of hydrogen-bond donors (Lipinski definition) is 1. The van der Waals surface area contributed by atoms with Gasteiger partial charge in [0.15, 0.2) is 0 Å². The third kappa shape index (κ3) is 2.64. The molecule has 4 nitrogen and oxygen atoms in total. The van der Waals surface area contributed by atoms with E-state index in [0.29, 0.717) is 13.1 Å². The van der Waals surface area contributed by atoms with Crippen LogP contribution in [-0.4, -0.2) is 28.4 Å². The number of carbonyl (C=O) groups is 2. The maximum Gasteiger partial charge on any atom is 0.335 e. The van der Waals surface area contributed by atoms with E-state index in [2.05, 4.69) is 0 Å². The van der Waals surface area contributed by atoms with Crippen LogP contribution in [-0.2, 0) is 19.4 Å². The first-order valence-corrected chi connectivity index (χ1v) is 8.19. The van der Waals surface area contributed by atoms with Gasteiger partial charge in [-0.05, 0) is 53.1 Å². The Morgan fingerprint density at radius 1 is 1.27 bits per heavy atom. The normalized spacial score (nSPS) is 13.8. The Morgan fingerprint density at radius 2 is 2.09 bits per heavy atom. The van der Waals surface area contributed by atoms with Gasteiger partial charge in [0.25, 0.3) is 5.91 Å². The van der Waals surface area contributed by atoms with Crippen LogP contribution in [0.4, 0.5) is 0 Å². The highest BCUT2D eigenvalue weighted by Crippen LogP contribution is 2.25. The number of amides is 1. The van der Waals surface area contributed by atoms with Crippen molar-refractivity contribution in [1.82, 2.24) is 4.90 Å². The number of rotatable bonds is 3. The summed E-state index contributed by atoms with van der Waals surface area (Å²) >= 11 is 1.48. The molecule has 5 heteroatoms. The van der Waals surface area contributed by atoms with Gasteiger partial charge in [0.1, 0.15) is 0 Å². The van der Waals surface area contributed by atoms with E-state index in [0.717, 1.165) is 34.4 Å². The largest absolute Gasteiger partial charge is 0.478 e. The number of fused-ring (bicyclic) bond motifs is 1. The summed E-state index contributed by atoms with van der Waals surface area (Å²) in [5, 5.41) is 11.1. The SMILES string of the molecule is CCc1ccsc1C(=O)N1CCc2ccc(C(=O)O)cc2C1. The standard InChI is InChI=1S/C17H17NO3S/c1-2-11-6-8-22-15(11)16(19)18-7-5-12-3-4-13(17(20)21)9-14(12)10-18/h3-4,6,8-9H,2,5,7,10H2,1H3,(H,20,21). The van der Waals surface area contributed by atoms with Gasteiger partial charge >= 0.3 is 5.97 Å². The van der Waals surface area contributed by atoms with E-state index in [-0.39, 0.29) is 11.5 Å². The summed E-state index contributed by atoms with van der Waals surface area (Å²) in [6.45, 7) is 3.21. The second kappa shape index (κ2) is 5.93. The van der Waals surface area contributed by atoms with Gasteiger partial charge in [-0.2, -0.15) is 0 Å². The quantitative estimate of drug-likeness (QED) is 0.946. The van der Waals surface area contributed by atoms with E-state index >= 15 is 0 Å². The molecule has 1 amide bonds. The summed E-state index contributed by atoms with van der Waals surface area (Å²) < 4.78 is 0. The van der Waals surface area contributed by atoms with Gasteiger partial charge in [0.05, 0.1) is 10.4 Å². The molecule has 0 radical (unpaired) electrons. The molecule has 0 saturated carbocycles. The minimum atomic E-state index is -0.933. The Hall–Kier alpha value is -2.14. The molecule has 1 aliphatic heterocycles. The average Bonchev–Trinajstić information content (AvgIpc) is 3.01. The minimum Gasteiger partial charge on any atom is -0.478 e. The van der Waals surface area contributed by atoms with Crippen LogP contribution in [0.2, 0.25) is 0 Å². The average molecular weight is 315 g/mol. The van der Waals surface area contributed by atoms with E-state index in [1.165, 1.54) is 11.3 Å². The lowest BCUT2D eigenvalue weighted by molar-refractivity contribution is 0.0696. The van der Waals surface area contributed by atoms with E-state index < -0.39 is 5.97 Å². The first kappa shape index (κ1) is 14.8. The van der Waals surface area contributed by atoms with Crippen LogP contribution in [0.3, 0.4) is 0 Å². The highest BCUT2D eigenvalue weighted by Gasteiger charge is 2.24. The fourth-order valence-electron chi connectivity index (χ4n) is 2.81. The molecule has 0 unspecified atom stereocenters. The van der Waals surface area contributed by atoms with E-state index in [1.54, 1.807) is 12.1 Å². The summed E-state index contributed by atoms with van der Waals surface area (Å²) in [6.07, 6.45) is 1.62. The predicted molar refractivity (Wildman–Crippen MR) is 85.5 cm³/mol. The zero-order chi connectivity index (χ0) is 15.7. The molecule has 1 aromatic carbocycles. The van der Waals surface area contributed by atoms with Crippen LogP contribution in [0.25, 0.3) is 0 Å². The van der Waals surface area contributed by atoms with Crippen molar-refractivity contribution in [1.29, 1.82) is 0 Å². The number of aryl methyl sites for hydroxylation is 1. The Balaban J connectivity index is 1.86. The van der Waals surface area contributed by atoms with Crippen LogP contribution in [0, 0.1) is 0 Å². The van der Waals surface area contributed by atoms with E-state index in [1.807, 2.05) is 29.3 Å². The van der Waals surface area contributed by atoms with Crippen molar-refractivity contribution in [3.8, 4) is 0 Å². The third-order valence-electron chi connectivity index (χ3n) is 4.07. The van der Waals surface area contributed by atoms with Gasteiger partial charge in [-0.15, -0.1) is 11.3 Å². The Morgan fingerprint density at radius 3 is 2.82 bits per heavy atom. The van der Waals surface area contributed by atoms with Gasteiger partial charge in [-0.3, -0.25) is 4.79 Å². The summed E-state index contributed by atoms with van der Waals surface area (Å²) in [6, 6.07) is 7.18. The van der Waals surface area contributed by atoms with Crippen molar-refractivity contribution in [3.05, 3.63) is 56.8 Å². The lowest BCUT2D eigenvalue weighted by Gasteiger charge is -2.29. The van der Waals surface area contributed by atoms with Crippen molar-refractivity contribution in [3.63, 3.8) is 0 Å². The molecule has 1 aliphatic rings. The van der Waals surface area contributed by atoms with Crippen molar-refractivity contribution in [2.24, 2.45) is 0 Å². The number of hydrogen-bond acceptors (Lipinski definition) is 3. The smallest absolute Gasteiger partial charge is 0.335 e. The summed E-state index contributed by atoms with van der Waals surface area (Å²) in [5.41, 5.74) is 3.43. The molecule has 0 saturated heterocycles. The predicted octanol–water partition coefficient (Wildman–Crippen LogP) is 3.21. The van der Waals surface area contributed by atoms with Gasteiger partial charge < -0.3 is 10.0 Å². The summed E-state index contributed by atoms with van der Waals surface area (Å²) in [4.78, 5) is 26.4. The molecule has 114 valence electrons. The summed E-state index contributed by atoms with van der Waals surface area (Å²) in [5.74, 6) is -0.879. The number of carbonyl (C=O) groups excluding carboxylic acids is 1. The van der Waals surface area contributed by atoms with Gasteiger partial charge in [-0.25, -0.2) is 4.79 Å². The molecule has 22 heavy (non-hydrogen) atoms. The Labute approximate surface area is 133 Å². The van der Waals surface area contributed by atoms with Crippen LogP contribution in [0.15, 0.2) is 29.6 Å². The second-order valence-corrected chi connectivity index (χ2v) is 6.31. The number of carboxylic acid groups (broad SMARTS) is 1. The molecule has 0 atom stereocenters. The van der Waals surface area contributed by atoms with Crippen LogP contribution in [0.1, 0.15) is 43.6 Å². The molecular formula is C17H17NO3S. The number of carboxylic acids is 1. The zero-order valence-corrected chi connectivity index (χ0v) is 13.2. The maximum absolute atomic E-state index is 12.7. The molecule has 0 aliphatic carbocycles. The van der Waals surface area contributed by atoms with Gasteiger partial charge in [-0.1, -0.05) is 13.0 Å². The number of nitrogens with zero attached hydrogens (tertiary/aromatic N) is 1. The monoisotopic (exact) mass is 315 g/mol. The molecule has 2 heterocycles. The summed E-state index contributed by atoms with van der Waals surface area (Å²) in [7, 11) is 0. The molecule has 0 bridgehead atoms. The lowest BCUT2D eigenvalue weighted by atomic mass is 9.97. The minimum absolute atomic E-state index is 0.0539. The molecule has 2 aromatic rings. The molecule has 3 rings (SSSR count). The van der Waals surface area contributed by atoms with Crippen LogP contribution < -0.4 is 0 Å². The van der Waals surface area contributed by atoms with Crippen LogP contribution >= 0.6 is 11.3 Å². The Bertz CT molecular complexity index is 735. The van der Waals surface area contributed by atoms with E-state index in [9.17, 15) is 9.59 Å². The first-order valence-electron chi connectivity index (χ1n) is 7.31. The van der Waals surface area contributed by atoms with E-state index in [4.69, 9.17) is 5.11 Å². The second-order valence-electron chi connectivity index (χ2n) is 5.39. The Kier molecular flexibility index (Phi) is 3.98. The third-order valence-corrected chi connectivity index (χ3v) is 5.02. The molecule has 0 fully saturated rings. The number of aromatic carboxylic acids is 1. The first-order chi connectivity index (χ1) is 10.6. The molecule has 0 spiro atoms. The maximum atomic E-state index is 12.7. The van der Waals surface area contributed by atoms with Gasteiger partial charge in [0, 0.05) is 13.1 Å². The molecular weight excluding hydrogens is 298 g/mol. The molecule has 1 N–H and O–H groups in total. The molecule has 1 aromatic heterocycles. The fraction of sp³-hybridized carbons (Fsp3) is 0.294. The van der Waals surface area contributed by atoms with Crippen molar-refractivity contribution >= 4 is 23.2 Å². The lowest BCUT2D eigenvalue weighted by Crippen LogP contribution is -2.36. The van der Waals surface area contributed by atoms with Crippen LogP contribution in [0.5, 0.6) is 0 Å². The van der Waals surface area contributed by atoms with Gasteiger partial charge in [0.2, 0.25) is 0 Å². The topological polar surface area (TPSA) is 57.6 Å². The highest BCUT2D eigenvalue weighted by molar-refractivity contribution is 7.12. The van der Waals surface area contributed by atoms with Crippen molar-refractivity contribution in [2.45, 2.75) is 26.3 Å². The highest BCUT2D eigenvalue weighted by atomic mass is 32.1. The van der Waals surface area contributed by atoms with Crippen molar-refractivity contribution < 1.29 is 14.7 Å². The van der Waals surface area contributed by atoms with Crippen molar-refractivity contribution in [2.75, 3.05) is 6.54 Å². The zero-order valence-electron chi connectivity index (χ0n) is 12.3. The number of benzene rings is 1. The fourth-order valence-corrected chi connectivity index (χ4v) is 3.77.